The third-order valence-electron chi connectivity index (χ3n) is 3.86. The first-order valence-corrected chi connectivity index (χ1v) is 7.00. The van der Waals surface area contributed by atoms with Crippen molar-refractivity contribution in [1.29, 1.82) is 0 Å². The Morgan fingerprint density at radius 2 is 2.21 bits per heavy atom. The van der Waals surface area contributed by atoms with Crippen molar-refractivity contribution >= 4 is 23.1 Å². The van der Waals surface area contributed by atoms with E-state index in [1.807, 2.05) is 0 Å². The van der Waals surface area contributed by atoms with Crippen LogP contribution in [0.4, 0.5) is 11.5 Å². The number of aromatic nitrogens is 1. The molecule has 6 heteroatoms. The molecule has 1 aliphatic carbocycles. The van der Waals surface area contributed by atoms with Gasteiger partial charge in [0.25, 0.3) is 0 Å². The van der Waals surface area contributed by atoms with Crippen molar-refractivity contribution in [3.05, 3.63) is 27.4 Å². The highest BCUT2D eigenvalue weighted by Gasteiger charge is 2.23. The summed E-state index contributed by atoms with van der Waals surface area (Å²) in [4.78, 5) is 14.5. The van der Waals surface area contributed by atoms with E-state index in [-0.39, 0.29) is 16.7 Å². The number of anilines is 1. The summed E-state index contributed by atoms with van der Waals surface area (Å²) in [5, 5.41) is 14.3. The number of pyridine rings is 1. The molecule has 1 aliphatic rings. The second-order valence-electron chi connectivity index (χ2n) is 5.16. The van der Waals surface area contributed by atoms with Crippen LogP contribution in [0.3, 0.4) is 0 Å². The second kappa shape index (κ2) is 6.19. The van der Waals surface area contributed by atoms with Gasteiger partial charge in [-0.1, -0.05) is 37.8 Å². The predicted molar refractivity (Wildman–Crippen MR) is 75.5 cm³/mol. The molecule has 0 amide bonds. The zero-order chi connectivity index (χ0) is 13.8. The van der Waals surface area contributed by atoms with E-state index >= 15 is 0 Å². The van der Waals surface area contributed by atoms with Crippen molar-refractivity contribution in [1.82, 2.24) is 4.98 Å². The highest BCUT2D eigenvalue weighted by molar-refractivity contribution is 6.29. The maximum atomic E-state index is 10.9. The molecule has 0 radical (unpaired) electrons. The molecule has 2 atom stereocenters. The van der Waals surface area contributed by atoms with Crippen LogP contribution < -0.4 is 5.32 Å². The summed E-state index contributed by atoms with van der Waals surface area (Å²) in [5.74, 6) is 1.48. The molecule has 5 nitrogen and oxygen atoms in total. The molecule has 0 saturated heterocycles. The average Bonchev–Trinajstić information content (AvgIpc) is 2.37. The van der Waals surface area contributed by atoms with Crippen LogP contribution in [0, 0.1) is 22.0 Å². The van der Waals surface area contributed by atoms with Gasteiger partial charge in [-0.05, 0) is 24.3 Å². The van der Waals surface area contributed by atoms with Gasteiger partial charge in [0.05, 0.1) is 4.92 Å². The molecule has 1 aromatic rings. The van der Waals surface area contributed by atoms with Crippen molar-refractivity contribution in [3.63, 3.8) is 0 Å². The normalized spacial score (nSPS) is 23.1. The van der Waals surface area contributed by atoms with Crippen LogP contribution in [-0.4, -0.2) is 16.5 Å². The zero-order valence-electron chi connectivity index (χ0n) is 10.9. The smallest absolute Gasteiger partial charge is 0.311 e. The number of nitro groups is 1. The van der Waals surface area contributed by atoms with Crippen molar-refractivity contribution in [2.24, 2.45) is 11.8 Å². The summed E-state index contributed by atoms with van der Waals surface area (Å²) in [6.07, 6.45) is 4.93. The molecule has 104 valence electrons. The van der Waals surface area contributed by atoms with E-state index in [4.69, 9.17) is 11.6 Å². The van der Waals surface area contributed by atoms with E-state index in [9.17, 15) is 10.1 Å². The first-order valence-electron chi connectivity index (χ1n) is 6.62. The van der Waals surface area contributed by atoms with E-state index in [1.165, 1.54) is 37.8 Å². The lowest BCUT2D eigenvalue weighted by atomic mass is 9.80. The Balaban J connectivity index is 2.05. The van der Waals surface area contributed by atoms with Crippen LogP contribution in [0.2, 0.25) is 5.15 Å². The van der Waals surface area contributed by atoms with Gasteiger partial charge < -0.3 is 5.32 Å². The molecule has 19 heavy (non-hydrogen) atoms. The minimum Gasteiger partial charge on any atom is -0.364 e. The topological polar surface area (TPSA) is 68.1 Å². The molecule has 0 aromatic carbocycles. The third-order valence-corrected chi connectivity index (χ3v) is 4.07. The largest absolute Gasteiger partial charge is 0.364 e. The molecular formula is C13H18ClN3O2. The minimum absolute atomic E-state index is 0.0205. The number of rotatable bonds is 4. The van der Waals surface area contributed by atoms with Crippen molar-refractivity contribution < 1.29 is 4.92 Å². The van der Waals surface area contributed by atoms with E-state index in [0.717, 1.165) is 6.54 Å². The predicted octanol–water partition coefficient (Wildman–Crippen LogP) is 3.88. The molecule has 0 spiro atoms. The number of halogens is 1. The van der Waals surface area contributed by atoms with Gasteiger partial charge in [-0.15, -0.1) is 0 Å². The number of nitrogens with zero attached hydrogens (tertiary/aromatic N) is 2. The molecule has 1 saturated carbocycles. The van der Waals surface area contributed by atoms with Gasteiger partial charge in [-0.2, -0.15) is 0 Å². The molecule has 2 rings (SSSR count). The Hall–Kier alpha value is -1.36. The fourth-order valence-corrected chi connectivity index (χ4v) is 2.78. The zero-order valence-corrected chi connectivity index (χ0v) is 11.7. The lowest BCUT2D eigenvalue weighted by Crippen LogP contribution is -2.24. The average molecular weight is 284 g/mol. The summed E-state index contributed by atoms with van der Waals surface area (Å²) in [7, 11) is 0. The minimum atomic E-state index is -0.435. The highest BCUT2D eigenvalue weighted by atomic mass is 35.5. The summed E-state index contributed by atoms with van der Waals surface area (Å²) in [5.41, 5.74) is -0.0205. The first kappa shape index (κ1) is 14.1. The first-order chi connectivity index (χ1) is 9.08. The SMILES string of the molecule is CC1CCCCC1CNc1nc(Cl)ccc1[N+](=O)[O-]. The van der Waals surface area contributed by atoms with Crippen LogP contribution in [0.5, 0.6) is 0 Å². The molecule has 1 fully saturated rings. The standard InChI is InChI=1S/C13H18ClN3O2/c1-9-4-2-3-5-10(9)8-15-13-11(17(18)19)6-7-12(14)16-13/h6-7,9-10H,2-5,8H2,1H3,(H,15,16). The maximum absolute atomic E-state index is 10.9. The second-order valence-corrected chi connectivity index (χ2v) is 5.55. The third kappa shape index (κ3) is 3.56. The van der Waals surface area contributed by atoms with Gasteiger partial charge >= 0.3 is 5.69 Å². The Morgan fingerprint density at radius 1 is 1.47 bits per heavy atom. The molecule has 0 aliphatic heterocycles. The van der Waals surface area contributed by atoms with E-state index in [2.05, 4.69) is 17.2 Å². The lowest BCUT2D eigenvalue weighted by Gasteiger charge is -2.28. The van der Waals surface area contributed by atoms with Gasteiger partial charge in [-0.3, -0.25) is 10.1 Å². The van der Waals surface area contributed by atoms with Gasteiger partial charge in [0.1, 0.15) is 5.15 Å². The monoisotopic (exact) mass is 283 g/mol. The van der Waals surface area contributed by atoms with Crippen molar-refractivity contribution in [2.45, 2.75) is 32.6 Å². The summed E-state index contributed by atoms with van der Waals surface area (Å²) in [6.45, 7) is 2.96. The van der Waals surface area contributed by atoms with Crippen LogP contribution in [0.25, 0.3) is 0 Å². The molecular weight excluding hydrogens is 266 g/mol. The quantitative estimate of drug-likeness (QED) is 0.517. The Kier molecular flexibility index (Phi) is 4.58. The fraction of sp³-hybridized carbons (Fsp3) is 0.615. The van der Waals surface area contributed by atoms with E-state index in [0.29, 0.717) is 11.8 Å². The molecule has 1 heterocycles. The number of hydrogen-bond donors (Lipinski definition) is 1. The molecule has 0 bridgehead atoms. The Bertz CT molecular complexity index is 467. The number of nitrogens with one attached hydrogen (secondary N) is 1. The summed E-state index contributed by atoms with van der Waals surface area (Å²) in [6, 6.07) is 2.83. The molecule has 1 N–H and O–H groups in total. The lowest BCUT2D eigenvalue weighted by molar-refractivity contribution is -0.384. The van der Waals surface area contributed by atoms with Crippen LogP contribution in [0.15, 0.2) is 12.1 Å². The number of hydrogen-bond acceptors (Lipinski definition) is 4. The van der Waals surface area contributed by atoms with E-state index < -0.39 is 4.92 Å². The van der Waals surface area contributed by atoms with Crippen LogP contribution >= 0.6 is 11.6 Å². The Morgan fingerprint density at radius 3 is 2.89 bits per heavy atom. The van der Waals surface area contributed by atoms with Crippen molar-refractivity contribution in [3.8, 4) is 0 Å². The highest BCUT2D eigenvalue weighted by Crippen LogP contribution is 2.31. The molecule has 1 aromatic heterocycles. The van der Waals surface area contributed by atoms with Crippen LogP contribution in [0.1, 0.15) is 32.6 Å². The van der Waals surface area contributed by atoms with Gasteiger partial charge in [0, 0.05) is 12.6 Å². The maximum Gasteiger partial charge on any atom is 0.311 e. The van der Waals surface area contributed by atoms with Crippen molar-refractivity contribution in [2.75, 3.05) is 11.9 Å². The summed E-state index contributed by atoms with van der Waals surface area (Å²) < 4.78 is 0. The van der Waals surface area contributed by atoms with Gasteiger partial charge in [-0.25, -0.2) is 4.98 Å². The summed E-state index contributed by atoms with van der Waals surface area (Å²) >= 11 is 5.80. The molecule has 2 unspecified atom stereocenters. The van der Waals surface area contributed by atoms with Crippen LogP contribution in [-0.2, 0) is 0 Å². The Labute approximate surface area is 117 Å². The van der Waals surface area contributed by atoms with Gasteiger partial charge in [0.15, 0.2) is 0 Å². The fourth-order valence-electron chi connectivity index (χ4n) is 2.63. The van der Waals surface area contributed by atoms with E-state index in [1.54, 1.807) is 0 Å². The van der Waals surface area contributed by atoms with Gasteiger partial charge in [0.2, 0.25) is 5.82 Å².